The molecule has 6 aromatic rings. The summed E-state index contributed by atoms with van der Waals surface area (Å²) < 4.78 is 90.3. The number of benzene rings is 4. The second-order valence-electron chi connectivity index (χ2n) is 13.1. The first kappa shape index (κ1) is 19.3. The van der Waals surface area contributed by atoms with Crippen LogP contribution in [0.15, 0.2) is 83.4 Å². The standard InChI is InChI=1S/C42H43NO/c1-25-19-28(4)40-36-10-8-9-35(41(36)44-39(40)20-25)38-23-37(29(5)24-43-38)34-14-12-32(22-27(34)3)33-13-11-31(21-26(33)2)30-15-17-42(6,7)18-16-30/h8-14,19-24,30H,15-18H2,1-7H3/i1D3,3D3,5D3,30D. The molecule has 0 aliphatic heterocycles. The molecular formula is C42H43NO. The van der Waals surface area contributed by atoms with Crippen molar-refractivity contribution in [3.8, 4) is 33.5 Å². The maximum absolute atomic E-state index is 9.26. The van der Waals surface area contributed by atoms with E-state index >= 15 is 0 Å². The van der Waals surface area contributed by atoms with E-state index in [1.165, 1.54) is 12.3 Å². The maximum Gasteiger partial charge on any atom is 0.144 e. The largest absolute Gasteiger partial charge is 0.455 e. The Labute approximate surface area is 276 Å². The first-order valence-electron chi connectivity index (χ1n) is 20.3. The minimum atomic E-state index is -2.60. The molecule has 2 aromatic heterocycles. The maximum atomic E-state index is 9.26. The lowest BCUT2D eigenvalue weighted by molar-refractivity contribution is 0.224. The van der Waals surface area contributed by atoms with Crippen LogP contribution in [0.3, 0.4) is 0 Å². The summed E-state index contributed by atoms with van der Waals surface area (Å²) in [4.78, 5) is 4.56. The third-order valence-corrected chi connectivity index (χ3v) is 9.44. The van der Waals surface area contributed by atoms with E-state index in [1.54, 1.807) is 30.3 Å². The Bertz CT molecular complexity index is 2420. The zero-order valence-electron chi connectivity index (χ0n) is 35.7. The highest BCUT2D eigenvalue weighted by Crippen LogP contribution is 2.44. The zero-order valence-corrected chi connectivity index (χ0v) is 25.7. The third-order valence-electron chi connectivity index (χ3n) is 9.44. The van der Waals surface area contributed by atoms with E-state index in [2.05, 4.69) is 24.9 Å². The number of hydrogen-bond donors (Lipinski definition) is 0. The summed E-state index contributed by atoms with van der Waals surface area (Å²) in [5, 5.41) is 1.52. The second-order valence-corrected chi connectivity index (χ2v) is 13.1. The van der Waals surface area contributed by atoms with Gasteiger partial charge in [-0.1, -0.05) is 68.4 Å². The minimum absolute atomic E-state index is 0.00682. The van der Waals surface area contributed by atoms with Crippen LogP contribution in [0.1, 0.15) is 92.5 Å². The van der Waals surface area contributed by atoms with Gasteiger partial charge in [0.1, 0.15) is 11.2 Å². The van der Waals surface area contributed by atoms with Gasteiger partial charge in [0.25, 0.3) is 0 Å². The molecule has 0 bridgehead atoms. The van der Waals surface area contributed by atoms with Crippen molar-refractivity contribution in [3.63, 3.8) is 0 Å². The number of nitrogens with zero attached hydrogens (tertiary/aromatic N) is 1. The predicted octanol–water partition coefficient (Wildman–Crippen LogP) is 12.2. The van der Waals surface area contributed by atoms with E-state index in [1.807, 2.05) is 44.2 Å². The van der Waals surface area contributed by atoms with E-state index in [-0.39, 0.29) is 33.2 Å². The molecule has 44 heavy (non-hydrogen) atoms. The monoisotopic (exact) mass is 587 g/mol. The fourth-order valence-electron chi connectivity index (χ4n) is 6.83. The van der Waals surface area contributed by atoms with Crippen LogP contribution in [0.5, 0.6) is 0 Å². The topological polar surface area (TPSA) is 26.0 Å². The van der Waals surface area contributed by atoms with Crippen LogP contribution in [-0.2, 0) is 0 Å². The van der Waals surface area contributed by atoms with Gasteiger partial charge in [-0.15, -0.1) is 0 Å². The van der Waals surface area contributed by atoms with Crippen molar-refractivity contribution in [1.29, 1.82) is 0 Å². The molecule has 0 saturated heterocycles. The Morgan fingerprint density at radius 3 is 2.36 bits per heavy atom. The van der Waals surface area contributed by atoms with Crippen LogP contribution in [0.25, 0.3) is 55.4 Å². The summed E-state index contributed by atoms with van der Waals surface area (Å²) in [5.74, 6) is -0.663. The summed E-state index contributed by atoms with van der Waals surface area (Å²) in [6, 6.07) is 21.4. The average molecular weight is 588 g/mol. The number of fused-ring (bicyclic) bond motifs is 3. The summed E-state index contributed by atoms with van der Waals surface area (Å²) in [6.07, 6.45) is 4.81. The number of para-hydroxylation sites is 1. The van der Waals surface area contributed by atoms with Gasteiger partial charge in [-0.3, -0.25) is 4.98 Å². The Morgan fingerprint density at radius 1 is 0.773 bits per heavy atom. The molecular weight excluding hydrogens is 534 g/mol. The fourth-order valence-corrected chi connectivity index (χ4v) is 6.83. The van der Waals surface area contributed by atoms with Gasteiger partial charge in [-0.25, -0.2) is 0 Å². The predicted molar refractivity (Wildman–Crippen MR) is 186 cm³/mol. The molecule has 0 radical (unpaired) electrons. The summed E-state index contributed by atoms with van der Waals surface area (Å²) in [7, 11) is 0. The van der Waals surface area contributed by atoms with Gasteiger partial charge in [0.2, 0.25) is 0 Å². The zero-order chi connectivity index (χ0) is 39.2. The van der Waals surface area contributed by atoms with Crippen molar-refractivity contribution in [2.45, 2.75) is 79.8 Å². The van der Waals surface area contributed by atoms with Crippen LogP contribution in [0.4, 0.5) is 0 Å². The lowest BCUT2D eigenvalue weighted by atomic mass is 9.71. The van der Waals surface area contributed by atoms with Gasteiger partial charge in [-0.05, 0) is 145 Å². The Hall–Kier alpha value is -4.17. The summed E-state index contributed by atoms with van der Waals surface area (Å²) in [5.41, 5.74) is 6.74. The number of furan rings is 1. The molecule has 4 aromatic carbocycles. The molecule has 0 unspecified atom stereocenters. The molecule has 0 spiro atoms. The molecule has 0 amide bonds. The van der Waals surface area contributed by atoms with Crippen molar-refractivity contribution in [1.82, 2.24) is 4.98 Å². The van der Waals surface area contributed by atoms with Crippen molar-refractivity contribution in [2.75, 3.05) is 0 Å². The summed E-state index contributed by atoms with van der Waals surface area (Å²) >= 11 is 0. The first-order chi connectivity index (χ1) is 25.1. The van der Waals surface area contributed by atoms with E-state index in [9.17, 15) is 1.37 Å². The molecule has 2 heteroatoms. The molecule has 0 atom stereocenters. The number of pyridine rings is 1. The van der Waals surface area contributed by atoms with Gasteiger partial charge in [0.05, 0.1) is 5.69 Å². The Morgan fingerprint density at radius 2 is 1.59 bits per heavy atom. The molecule has 2 heterocycles. The van der Waals surface area contributed by atoms with Crippen LogP contribution in [0, 0.1) is 39.8 Å². The number of aromatic nitrogens is 1. The molecule has 0 N–H and O–H groups in total. The van der Waals surface area contributed by atoms with Crippen molar-refractivity contribution < 1.29 is 18.1 Å². The van der Waals surface area contributed by atoms with E-state index < -0.39 is 26.4 Å². The van der Waals surface area contributed by atoms with Crippen molar-refractivity contribution >= 4 is 21.9 Å². The van der Waals surface area contributed by atoms with E-state index in [0.717, 1.165) is 58.7 Å². The highest BCUT2D eigenvalue weighted by Gasteiger charge is 2.27. The lowest BCUT2D eigenvalue weighted by Crippen LogP contribution is -2.20. The molecule has 2 nitrogen and oxygen atoms in total. The smallest absolute Gasteiger partial charge is 0.144 e. The fraction of sp³-hybridized carbons (Fsp3) is 0.310. The molecule has 1 aliphatic rings. The molecule has 1 saturated carbocycles. The van der Waals surface area contributed by atoms with Crippen molar-refractivity contribution in [2.24, 2.45) is 5.41 Å². The van der Waals surface area contributed by atoms with E-state index in [0.29, 0.717) is 28.0 Å². The van der Waals surface area contributed by atoms with Crippen LogP contribution >= 0.6 is 0 Å². The Kier molecular flexibility index (Phi) is 4.72. The molecule has 1 fully saturated rings. The third kappa shape index (κ3) is 5.05. The minimum Gasteiger partial charge on any atom is -0.455 e. The van der Waals surface area contributed by atoms with Gasteiger partial charge in [0, 0.05) is 36.2 Å². The SMILES string of the molecule is [2H]C([2H])([2H])c1cc(C)c2c(c1)oc1c(-c3cc(-c4ccc(-c5ccc(C6([2H])CCC(C)(C)CC6)cc5C)cc4C([2H])([2H])[2H])c(C([2H])([2H])[2H])cn3)cccc12. The average Bonchev–Trinajstić information content (AvgIpc) is 3.47. The number of rotatable bonds is 4. The van der Waals surface area contributed by atoms with Gasteiger partial charge >= 0.3 is 0 Å². The second kappa shape index (κ2) is 10.8. The molecule has 1 aliphatic carbocycles. The van der Waals surface area contributed by atoms with Gasteiger partial charge in [0.15, 0.2) is 0 Å². The van der Waals surface area contributed by atoms with Crippen molar-refractivity contribution in [3.05, 3.63) is 112 Å². The lowest BCUT2D eigenvalue weighted by Gasteiger charge is -2.34. The highest BCUT2D eigenvalue weighted by atomic mass is 16.3. The van der Waals surface area contributed by atoms with Gasteiger partial charge < -0.3 is 4.42 Å². The number of aryl methyl sites for hydroxylation is 5. The van der Waals surface area contributed by atoms with Crippen LogP contribution in [0.2, 0.25) is 0 Å². The summed E-state index contributed by atoms with van der Waals surface area (Å²) in [6.45, 7) is 0.798. The highest BCUT2D eigenvalue weighted by molar-refractivity contribution is 6.11. The first-order valence-corrected chi connectivity index (χ1v) is 15.3. The van der Waals surface area contributed by atoms with Crippen LogP contribution in [-0.4, -0.2) is 4.98 Å². The quantitative estimate of drug-likeness (QED) is 0.205. The number of hydrogen-bond acceptors (Lipinski definition) is 2. The normalized spacial score (nSPS) is 20.3. The Balaban J connectivity index is 1.36. The van der Waals surface area contributed by atoms with Gasteiger partial charge in [-0.2, -0.15) is 0 Å². The molecule has 7 rings (SSSR count). The van der Waals surface area contributed by atoms with Crippen LogP contribution < -0.4 is 0 Å². The molecule has 222 valence electrons. The van der Waals surface area contributed by atoms with E-state index in [4.69, 9.17) is 16.8 Å².